The number of aromatic nitrogens is 2. The second-order valence-electron chi connectivity index (χ2n) is 3.76. The number of anilines is 1. The van der Waals surface area contributed by atoms with E-state index in [0.717, 1.165) is 10.4 Å². The molecular weight excluding hydrogens is 305 g/mol. The molecule has 0 bridgehead atoms. The van der Waals surface area contributed by atoms with Crippen LogP contribution < -0.4 is 5.73 Å². The Morgan fingerprint density at radius 1 is 1.26 bits per heavy atom. The first-order valence-electron chi connectivity index (χ1n) is 5.26. The van der Waals surface area contributed by atoms with Crippen molar-refractivity contribution in [2.75, 3.05) is 5.73 Å². The van der Waals surface area contributed by atoms with Crippen LogP contribution >= 0.6 is 34.5 Å². The Morgan fingerprint density at radius 2 is 2.11 bits per heavy atom. The van der Waals surface area contributed by atoms with Gasteiger partial charge in [0.25, 0.3) is 0 Å². The molecule has 4 nitrogen and oxygen atoms in total. The molecule has 0 saturated carbocycles. The Labute approximate surface area is 122 Å². The smallest absolute Gasteiger partial charge is 0.230 e. The fraction of sp³-hybridized carbons (Fsp3) is 0. The van der Waals surface area contributed by atoms with Crippen LogP contribution in [0.2, 0.25) is 10.0 Å². The third kappa shape index (κ3) is 2.20. The highest BCUT2D eigenvalue weighted by Gasteiger charge is 2.20. The van der Waals surface area contributed by atoms with Gasteiger partial charge in [-0.2, -0.15) is 0 Å². The molecule has 0 aliphatic heterocycles. The summed E-state index contributed by atoms with van der Waals surface area (Å²) in [5.74, 6) is 0.215. The summed E-state index contributed by atoms with van der Waals surface area (Å²) < 4.78 is 5.07. The van der Waals surface area contributed by atoms with Crippen molar-refractivity contribution in [2.45, 2.75) is 0 Å². The molecule has 3 rings (SSSR count). The van der Waals surface area contributed by atoms with Crippen LogP contribution in [0.15, 0.2) is 34.4 Å². The Hall–Kier alpha value is -1.56. The number of hydrogen-bond acceptors (Lipinski definition) is 5. The zero-order chi connectivity index (χ0) is 13.4. The lowest BCUT2D eigenvalue weighted by Gasteiger charge is -2.04. The fourth-order valence-corrected chi connectivity index (χ4v) is 2.87. The Balaban J connectivity index is 2.22. The zero-order valence-corrected chi connectivity index (χ0v) is 11.8. The monoisotopic (exact) mass is 311 g/mol. The van der Waals surface area contributed by atoms with E-state index in [1.165, 1.54) is 11.3 Å². The highest BCUT2D eigenvalue weighted by atomic mass is 35.5. The summed E-state index contributed by atoms with van der Waals surface area (Å²) >= 11 is 13.5. The largest absolute Gasteiger partial charge is 0.367 e. The van der Waals surface area contributed by atoms with Crippen LogP contribution in [-0.2, 0) is 0 Å². The van der Waals surface area contributed by atoms with E-state index in [9.17, 15) is 0 Å². The van der Waals surface area contributed by atoms with Crippen LogP contribution in [0.1, 0.15) is 0 Å². The highest BCUT2D eigenvalue weighted by molar-refractivity contribution is 7.13. The normalized spacial score (nSPS) is 10.8. The van der Waals surface area contributed by atoms with Gasteiger partial charge in [0.2, 0.25) is 5.88 Å². The summed E-state index contributed by atoms with van der Waals surface area (Å²) in [6.07, 6.45) is 1.70. The van der Waals surface area contributed by atoms with Crippen molar-refractivity contribution in [1.29, 1.82) is 0 Å². The second kappa shape index (κ2) is 4.85. The lowest BCUT2D eigenvalue weighted by molar-refractivity contribution is 0.439. The molecule has 2 aromatic heterocycles. The number of nitrogen functional groups attached to an aromatic ring is 1. The fourth-order valence-electron chi connectivity index (χ4n) is 1.76. The molecule has 3 aromatic rings. The average Bonchev–Trinajstić information content (AvgIpc) is 2.99. The number of hydrogen-bond donors (Lipinski definition) is 1. The maximum absolute atomic E-state index is 6.20. The topological polar surface area (TPSA) is 64.9 Å². The molecular formula is C12H7Cl2N3OS. The van der Waals surface area contributed by atoms with Crippen molar-refractivity contribution in [3.05, 3.63) is 40.0 Å². The first kappa shape index (κ1) is 12.5. The van der Waals surface area contributed by atoms with E-state index in [-0.39, 0.29) is 5.88 Å². The molecule has 0 aliphatic carbocycles. The molecule has 0 spiro atoms. The number of thiazole rings is 1. The molecule has 2 N–H and O–H groups in total. The quantitative estimate of drug-likeness (QED) is 0.764. The van der Waals surface area contributed by atoms with Gasteiger partial charge in [-0.15, -0.1) is 11.3 Å². The maximum atomic E-state index is 6.20. The van der Waals surface area contributed by atoms with Crippen LogP contribution in [0.3, 0.4) is 0 Å². The van der Waals surface area contributed by atoms with Gasteiger partial charge in [0, 0.05) is 16.8 Å². The van der Waals surface area contributed by atoms with Gasteiger partial charge in [-0.1, -0.05) is 34.4 Å². The van der Waals surface area contributed by atoms with Gasteiger partial charge in [0.05, 0.1) is 21.0 Å². The van der Waals surface area contributed by atoms with Crippen molar-refractivity contribution in [3.8, 4) is 21.7 Å². The van der Waals surface area contributed by atoms with Crippen molar-refractivity contribution in [2.24, 2.45) is 0 Å². The third-order valence-corrected chi connectivity index (χ3v) is 3.91. The maximum Gasteiger partial charge on any atom is 0.230 e. The molecule has 0 fully saturated rings. The molecule has 1 aromatic carbocycles. The van der Waals surface area contributed by atoms with Crippen molar-refractivity contribution in [3.63, 3.8) is 0 Å². The van der Waals surface area contributed by atoms with E-state index in [0.29, 0.717) is 21.3 Å². The lowest BCUT2D eigenvalue weighted by atomic mass is 10.1. The number of nitrogens with zero attached hydrogens (tertiary/aromatic N) is 2. The number of halogens is 2. The summed E-state index contributed by atoms with van der Waals surface area (Å²) in [7, 11) is 0. The van der Waals surface area contributed by atoms with E-state index in [2.05, 4.69) is 10.1 Å². The van der Waals surface area contributed by atoms with Crippen LogP contribution in [0.5, 0.6) is 0 Å². The van der Waals surface area contributed by atoms with Gasteiger partial charge in [-0.3, -0.25) is 4.98 Å². The third-order valence-electron chi connectivity index (χ3n) is 2.58. The second-order valence-corrected chi connectivity index (χ2v) is 5.49. The first-order chi connectivity index (χ1) is 9.16. The van der Waals surface area contributed by atoms with E-state index in [4.69, 9.17) is 33.5 Å². The van der Waals surface area contributed by atoms with Crippen molar-refractivity contribution < 1.29 is 4.52 Å². The molecule has 0 aliphatic rings. The minimum absolute atomic E-state index is 0.215. The van der Waals surface area contributed by atoms with Crippen LogP contribution in [0, 0.1) is 0 Å². The predicted molar refractivity (Wildman–Crippen MR) is 77.5 cm³/mol. The molecule has 96 valence electrons. The number of nitrogens with two attached hydrogens (primary N) is 1. The van der Waals surface area contributed by atoms with Gasteiger partial charge < -0.3 is 10.3 Å². The highest BCUT2D eigenvalue weighted by Crippen LogP contribution is 2.41. The summed E-state index contributed by atoms with van der Waals surface area (Å²) in [6.45, 7) is 0. The Bertz CT molecular complexity index is 725. The minimum atomic E-state index is 0.215. The minimum Gasteiger partial charge on any atom is -0.367 e. The first-order valence-corrected chi connectivity index (χ1v) is 6.90. The number of rotatable bonds is 2. The van der Waals surface area contributed by atoms with Crippen LogP contribution in [0.4, 0.5) is 5.88 Å². The van der Waals surface area contributed by atoms with E-state index >= 15 is 0 Å². The SMILES string of the molecule is Nc1onc(-c2cncs2)c1-c1ccc(Cl)cc1Cl. The molecule has 0 atom stereocenters. The average molecular weight is 312 g/mol. The molecule has 2 heterocycles. The van der Waals surface area contributed by atoms with Gasteiger partial charge in [0.15, 0.2) is 0 Å². The van der Waals surface area contributed by atoms with Crippen LogP contribution in [-0.4, -0.2) is 10.1 Å². The zero-order valence-electron chi connectivity index (χ0n) is 9.43. The molecule has 0 saturated heterocycles. The summed E-state index contributed by atoms with van der Waals surface area (Å²) in [5, 5.41) is 5.03. The molecule has 0 unspecified atom stereocenters. The van der Waals surface area contributed by atoms with E-state index in [1.807, 2.05) is 0 Å². The molecule has 7 heteroatoms. The van der Waals surface area contributed by atoms with Gasteiger partial charge in [-0.05, 0) is 12.1 Å². The van der Waals surface area contributed by atoms with Crippen molar-refractivity contribution in [1.82, 2.24) is 10.1 Å². The standard InChI is InChI=1S/C12H7Cl2N3OS/c13-6-1-2-7(8(14)3-6)10-11(17-18-12(10)15)9-4-16-5-19-9/h1-5H,15H2. The summed E-state index contributed by atoms with van der Waals surface area (Å²) in [4.78, 5) is 4.88. The molecule has 19 heavy (non-hydrogen) atoms. The summed E-state index contributed by atoms with van der Waals surface area (Å²) in [5.41, 5.74) is 9.58. The molecule has 0 radical (unpaired) electrons. The lowest BCUT2D eigenvalue weighted by Crippen LogP contribution is -1.88. The van der Waals surface area contributed by atoms with E-state index in [1.54, 1.807) is 29.9 Å². The predicted octanol–water partition coefficient (Wildman–Crippen LogP) is 4.35. The van der Waals surface area contributed by atoms with Crippen LogP contribution in [0.25, 0.3) is 21.7 Å². The van der Waals surface area contributed by atoms with Gasteiger partial charge in [0.1, 0.15) is 5.69 Å². The van der Waals surface area contributed by atoms with E-state index < -0.39 is 0 Å². The molecule has 0 amide bonds. The van der Waals surface area contributed by atoms with Gasteiger partial charge >= 0.3 is 0 Å². The Kier molecular flexibility index (Phi) is 3.18. The Morgan fingerprint density at radius 3 is 2.79 bits per heavy atom. The summed E-state index contributed by atoms with van der Waals surface area (Å²) in [6, 6.07) is 5.19. The number of benzene rings is 1. The van der Waals surface area contributed by atoms with Crippen molar-refractivity contribution >= 4 is 40.4 Å². The van der Waals surface area contributed by atoms with Gasteiger partial charge in [-0.25, -0.2) is 0 Å².